The lowest BCUT2D eigenvalue weighted by atomic mass is 9.77. The first-order valence-electron chi connectivity index (χ1n) is 9.15. The molecule has 1 aromatic rings. The van der Waals surface area contributed by atoms with Gasteiger partial charge in [0, 0.05) is 13.0 Å². The number of esters is 1. The van der Waals surface area contributed by atoms with Crippen molar-refractivity contribution in [1.82, 2.24) is 10.3 Å². The summed E-state index contributed by atoms with van der Waals surface area (Å²) in [6, 6.07) is 8.60. The maximum atomic E-state index is 12.8. The van der Waals surface area contributed by atoms with Crippen LogP contribution in [0.5, 0.6) is 0 Å². The highest BCUT2D eigenvalue weighted by molar-refractivity contribution is 6.06. The lowest BCUT2D eigenvalue weighted by molar-refractivity contribution is -0.145. The highest BCUT2D eigenvalue weighted by Gasteiger charge is 2.56. The van der Waals surface area contributed by atoms with Crippen molar-refractivity contribution in [2.45, 2.75) is 45.3 Å². The van der Waals surface area contributed by atoms with Crippen molar-refractivity contribution in [3.63, 3.8) is 0 Å². The molecule has 28 heavy (non-hydrogen) atoms. The predicted octanol–water partition coefficient (Wildman–Crippen LogP) is 2.08. The zero-order chi connectivity index (χ0) is 20.5. The quantitative estimate of drug-likeness (QED) is 0.784. The van der Waals surface area contributed by atoms with Gasteiger partial charge in [-0.2, -0.15) is 5.10 Å². The van der Waals surface area contributed by atoms with E-state index in [1.54, 1.807) is 20.8 Å². The largest absolute Gasteiger partial charge is 0.467 e. The Bertz CT molecular complexity index is 815. The Kier molecular flexibility index (Phi) is 5.14. The van der Waals surface area contributed by atoms with Gasteiger partial charge in [0.2, 0.25) is 5.91 Å². The summed E-state index contributed by atoms with van der Waals surface area (Å²) in [5.74, 6) is -0.883. The van der Waals surface area contributed by atoms with Crippen molar-refractivity contribution in [2.24, 2.45) is 10.5 Å². The molecule has 0 aromatic heterocycles. The van der Waals surface area contributed by atoms with Crippen LogP contribution in [-0.2, 0) is 19.1 Å². The van der Waals surface area contributed by atoms with E-state index in [-0.39, 0.29) is 18.9 Å². The number of nitrogens with zero attached hydrogens (tertiary/aromatic N) is 2. The van der Waals surface area contributed by atoms with Gasteiger partial charge in [0.1, 0.15) is 11.6 Å². The zero-order valence-corrected chi connectivity index (χ0v) is 16.5. The number of methoxy groups -OCH3 is 1. The number of hydrazone groups is 1. The first-order valence-corrected chi connectivity index (χ1v) is 9.15. The van der Waals surface area contributed by atoms with E-state index < -0.39 is 29.1 Å². The standard InChI is InChI=1S/C20H25N3O5/c1-19(2,3)28-18(26)23-12-20(11-15(23)16(24)27-4)10-14(21-22-17(20)25)13-8-6-5-7-9-13/h5-9,15H,10-12H2,1-4H3,(H,22,25)/t15-,20-/m0/s1. The molecule has 8 nitrogen and oxygen atoms in total. The molecule has 1 saturated heterocycles. The van der Waals surface area contributed by atoms with Crippen LogP contribution in [0.2, 0.25) is 0 Å². The number of hydrogen-bond acceptors (Lipinski definition) is 6. The van der Waals surface area contributed by atoms with E-state index >= 15 is 0 Å². The number of rotatable bonds is 2. The average Bonchev–Trinajstić information content (AvgIpc) is 3.03. The topological polar surface area (TPSA) is 97.3 Å². The minimum Gasteiger partial charge on any atom is -0.467 e. The van der Waals surface area contributed by atoms with Crippen molar-refractivity contribution < 1.29 is 23.9 Å². The molecule has 0 saturated carbocycles. The molecule has 1 spiro atoms. The van der Waals surface area contributed by atoms with Crippen LogP contribution >= 0.6 is 0 Å². The Morgan fingerprint density at radius 2 is 1.93 bits per heavy atom. The SMILES string of the molecule is COC(=O)[C@@H]1C[C@@]2(CC(c3ccccc3)=NNC2=O)CN1C(=O)OC(C)(C)C. The van der Waals surface area contributed by atoms with Gasteiger partial charge in [-0.1, -0.05) is 30.3 Å². The van der Waals surface area contributed by atoms with Crippen LogP contribution in [0.25, 0.3) is 0 Å². The summed E-state index contributed by atoms with van der Waals surface area (Å²) in [6.45, 7) is 5.30. The zero-order valence-electron chi connectivity index (χ0n) is 16.5. The van der Waals surface area contributed by atoms with Gasteiger partial charge >= 0.3 is 12.1 Å². The molecule has 0 unspecified atom stereocenters. The molecule has 3 rings (SSSR count). The van der Waals surface area contributed by atoms with Gasteiger partial charge in [-0.3, -0.25) is 9.69 Å². The number of nitrogens with one attached hydrogen (secondary N) is 1. The highest BCUT2D eigenvalue weighted by Crippen LogP contribution is 2.42. The normalized spacial score (nSPS) is 24.6. The van der Waals surface area contributed by atoms with Crippen molar-refractivity contribution in [2.75, 3.05) is 13.7 Å². The fourth-order valence-corrected chi connectivity index (χ4v) is 3.61. The summed E-state index contributed by atoms with van der Waals surface area (Å²) in [5, 5.41) is 4.19. The van der Waals surface area contributed by atoms with E-state index in [0.717, 1.165) is 5.56 Å². The van der Waals surface area contributed by atoms with Crippen molar-refractivity contribution in [1.29, 1.82) is 0 Å². The molecule has 0 aliphatic carbocycles. The maximum absolute atomic E-state index is 12.8. The second-order valence-electron chi connectivity index (χ2n) is 8.17. The molecule has 2 aliphatic heterocycles. The van der Waals surface area contributed by atoms with Crippen LogP contribution in [0, 0.1) is 5.41 Å². The molecule has 2 amide bonds. The number of carbonyl (C=O) groups excluding carboxylic acids is 3. The molecule has 2 atom stereocenters. The first kappa shape index (κ1) is 19.9. The minimum atomic E-state index is -0.970. The van der Waals surface area contributed by atoms with E-state index in [1.807, 2.05) is 30.3 Å². The summed E-state index contributed by atoms with van der Waals surface area (Å²) in [6.07, 6.45) is -0.178. The Balaban J connectivity index is 1.90. The summed E-state index contributed by atoms with van der Waals surface area (Å²) in [5.41, 5.74) is 2.46. The third kappa shape index (κ3) is 3.85. The third-order valence-corrected chi connectivity index (χ3v) is 4.92. The molecule has 1 fully saturated rings. The number of hydrogen-bond donors (Lipinski definition) is 1. The lowest BCUT2D eigenvalue weighted by Crippen LogP contribution is -2.48. The van der Waals surface area contributed by atoms with Crippen LogP contribution in [0.3, 0.4) is 0 Å². The fourth-order valence-electron chi connectivity index (χ4n) is 3.61. The van der Waals surface area contributed by atoms with Crippen LogP contribution < -0.4 is 5.43 Å². The van der Waals surface area contributed by atoms with E-state index in [0.29, 0.717) is 12.1 Å². The number of carbonyl (C=O) groups is 3. The highest BCUT2D eigenvalue weighted by atomic mass is 16.6. The van der Waals surface area contributed by atoms with Gasteiger partial charge in [-0.05, 0) is 32.8 Å². The van der Waals surface area contributed by atoms with Gasteiger partial charge < -0.3 is 9.47 Å². The monoisotopic (exact) mass is 387 g/mol. The van der Waals surface area contributed by atoms with Gasteiger partial charge in [-0.25, -0.2) is 15.0 Å². The Hall–Kier alpha value is -2.90. The molecular formula is C20H25N3O5. The van der Waals surface area contributed by atoms with Gasteiger partial charge in [-0.15, -0.1) is 0 Å². The smallest absolute Gasteiger partial charge is 0.411 e. The van der Waals surface area contributed by atoms with Gasteiger partial charge in [0.15, 0.2) is 0 Å². The van der Waals surface area contributed by atoms with Crippen molar-refractivity contribution in [3.05, 3.63) is 35.9 Å². The molecule has 1 aromatic carbocycles. The third-order valence-electron chi connectivity index (χ3n) is 4.92. The maximum Gasteiger partial charge on any atom is 0.411 e. The summed E-state index contributed by atoms with van der Waals surface area (Å²) in [7, 11) is 1.26. The Morgan fingerprint density at radius 1 is 1.25 bits per heavy atom. The first-order chi connectivity index (χ1) is 13.1. The van der Waals surface area contributed by atoms with E-state index in [2.05, 4.69) is 10.5 Å². The molecule has 0 radical (unpaired) electrons. The Labute approximate surface area is 163 Å². The number of amides is 2. The van der Waals surface area contributed by atoms with Gasteiger partial charge in [0.25, 0.3) is 0 Å². The Morgan fingerprint density at radius 3 is 2.54 bits per heavy atom. The molecule has 8 heteroatoms. The molecule has 2 aliphatic rings. The van der Waals surface area contributed by atoms with E-state index in [4.69, 9.17) is 9.47 Å². The number of benzene rings is 1. The molecule has 0 bridgehead atoms. The van der Waals surface area contributed by atoms with Gasteiger partial charge in [0.05, 0.1) is 18.2 Å². The van der Waals surface area contributed by atoms with E-state index in [1.165, 1.54) is 12.0 Å². The number of ether oxygens (including phenoxy) is 2. The average molecular weight is 387 g/mol. The summed E-state index contributed by atoms with van der Waals surface area (Å²) >= 11 is 0. The van der Waals surface area contributed by atoms with Crippen LogP contribution in [0.15, 0.2) is 35.4 Å². The summed E-state index contributed by atoms with van der Waals surface area (Å²) in [4.78, 5) is 39.1. The molecular weight excluding hydrogens is 362 g/mol. The fraction of sp³-hybridized carbons (Fsp3) is 0.500. The molecule has 150 valence electrons. The summed E-state index contributed by atoms with van der Waals surface area (Å²) < 4.78 is 10.3. The van der Waals surface area contributed by atoms with Crippen LogP contribution in [-0.4, -0.2) is 53.9 Å². The van der Waals surface area contributed by atoms with Crippen molar-refractivity contribution >= 4 is 23.7 Å². The van der Waals surface area contributed by atoms with Crippen molar-refractivity contribution in [3.8, 4) is 0 Å². The number of likely N-dealkylation sites (tertiary alicyclic amines) is 1. The van der Waals surface area contributed by atoms with Crippen LogP contribution in [0.4, 0.5) is 4.79 Å². The van der Waals surface area contributed by atoms with Crippen LogP contribution in [0.1, 0.15) is 39.2 Å². The predicted molar refractivity (Wildman–Crippen MR) is 102 cm³/mol. The molecule has 2 heterocycles. The second kappa shape index (κ2) is 7.26. The minimum absolute atomic E-state index is 0.0549. The lowest BCUT2D eigenvalue weighted by Gasteiger charge is -2.31. The molecule has 1 N–H and O–H groups in total. The van der Waals surface area contributed by atoms with E-state index in [9.17, 15) is 14.4 Å². The second-order valence-corrected chi connectivity index (χ2v) is 8.17.